The minimum Gasteiger partial charge on any atom is -0.478 e. The lowest BCUT2D eigenvalue weighted by molar-refractivity contribution is -0.147. The molecule has 1 aromatic rings. The summed E-state index contributed by atoms with van der Waals surface area (Å²) in [5.41, 5.74) is 0.225. The maximum Gasteiger partial charge on any atom is 0.332 e. The number of aliphatic carboxylic acids is 1. The van der Waals surface area contributed by atoms with Crippen molar-refractivity contribution in [3.05, 3.63) is 48.0 Å². The first-order chi connectivity index (χ1) is 9.41. The molecule has 6 heteroatoms. The molecule has 1 atom stereocenters. The van der Waals surface area contributed by atoms with Gasteiger partial charge < -0.3 is 9.84 Å². The third kappa shape index (κ3) is 4.49. The highest BCUT2D eigenvalue weighted by Gasteiger charge is 2.27. The van der Waals surface area contributed by atoms with Gasteiger partial charge >= 0.3 is 11.9 Å². The fourth-order valence-corrected chi connectivity index (χ4v) is 1.37. The van der Waals surface area contributed by atoms with E-state index in [0.29, 0.717) is 12.2 Å². The molecular formula is C14H12O6. The zero-order valence-corrected chi connectivity index (χ0v) is 10.6. The second-order valence-corrected chi connectivity index (χ2v) is 3.83. The molecule has 0 heterocycles. The first-order valence-corrected chi connectivity index (χ1v) is 5.63. The fourth-order valence-electron chi connectivity index (χ4n) is 1.37. The highest BCUT2D eigenvalue weighted by Crippen LogP contribution is 2.08. The van der Waals surface area contributed by atoms with Gasteiger partial charge in [0.05, 0.1) is 0 Å². The first kappa shape index (κ1) is 15.3. The molecule has 0 fully saturated rings. The van der Waals surface area contributed by atoms with Crippen LogP contribution in [0.5, 0.6) is 0 Å². The normalized spacial score (nSPS) is 11.8. The van der Waals surface area contributed by atoms with E-state index >= 15 is 0 Å². The lowest BCUT2D eigenvalue weighted by atomic mass is 10.0. The molecule has 0 saturated carbocycles. The Balaban J connectivity index is 2.85. The Kier molecular flexibility index (Phi) is 5.34. The van der Waals surface area contributed by atoms with E-state index < -0.39 is 29.6 Å². The zero-order chi connectivity index (χ0) is 15.1. The smallest absolute Gasteiger partial charge is 0.332 e. The van der Waals surface area contributed by atoms with Gasteiger partial charge in [-0.1, -0.05) is 30.3 Å². The fraction of sp³-hybridized carbons (Fsp3) is 0.143. The molecule has 1 aromatic carbocycles. The molecule has 0 aromatic heterocycles. The van der Waals surface area contributed by atoms with Gasteiger partial charge in [-0.2, -0.15) is 0 Å². The summed E-state index contributed by atoms with van der Waals surface area (Å²) in [6.45, 7) is 1.11. The summed E-state index contributed by atoms with van der Waals surface area (Å²) in [6, 6.07) is 7.88. The van der Waals surface area contributed by atoms with Gasteiger partial charge in [0.25, 0.3) is 0 Å². The standard InChI is InChI=1S/C14H12O6/c1-9(15)14(20-12(18)8-7-11(16)17)13(19)10-5-3-2-4-6-10/h2-8,14H,1H3,(H,16,17). The molecule has 0 radical (unpaired) electrons. The van der Waals surface area contributed by atoms with Crippen molar-refractivity contribution in [1.82, 2.24) is 0 Å². The van der Waals surface area contributed by atoms with Gasteiger partial charge in [0.2, 0.25) is 11.9 Å². The SMILES string of the molecule is CC(=O)C(OC(=O)C=CC(=O)O)C(=O)c1ccccc1. The Morgan fingerprint density at radius 3 is 2.20 bits per heavy atom. The van der Waals surface area contributed by atoms with Gasteiger partial charge in [-0.05, 0) is 6.92 Å². The molecule has 6 nitrogen and oxygen atoms in total. The topological polar surface area (TPSA) is 97.7 Å². The van der Waals surface area contributed by atoms with Crippen LogP contribution in [0.1, 0.15) is 17.3 Å². The van der Waals surface area contributed by atoms with Gasteiger partial charge in [0.1, 0.15) is 0 Å². The number of carbonyl (C=O) groups excluding carboxylic acids is 3. The number of carbonyl (C=O) groups is 4. The number of ether oxygens (including phenoxy) is 1. The summed E-state index contributed by atoms with van der Waals surface area (Å²) >= 11 is 0. The summed E-state index contributed by atoms with van der Waals surface area (Å²) in [7, 11) is 0. The summed E-state index contributed by atoms with van der Waals surface area (Å²) in [6.07, 6.45) is -0.383. The van der Waals surface area contributed by atoms with Crippen molar-refractivity contribution in [3.63, 3.8) is 0 Å². The maximum atomic E-state index is 12.0. The lowest BCUT2D eigenvalue weighted by Gasteiger charge is -2.12. The second-order valence-electron chi connectivity index (χ2n) is 3.83. The van der Waals surface area contributed by atoms with Crippen molar-refractivity contribution >= 4 is 23.5 Å². The molecule has 1 unspecified atom stereocenters. The Labute approximate surface area is 114 Å². The first-order valence-electron chi connectivity index (χ1n) is 5.63. The molecular weight excluding hydrogens is 264 g/mol. The van der Waals surface area contributed by atoms with Crippen LogP contribution in [0.2, 0.25) is 0 Å². The molecule has 1 N–H and O–H groups in total. The van der Waals surface area contributed by atoms with E-state index in [1.807, 2.05) is 0 Å². The molecule has 0 aliphatic heterocycles. The monoisotopic (exact) mass is 276 g/mol. The molecule has 0 aliphatic rings. The van der Waals surface area contributed by atoms with E-state index in [1.54, 1.807) is 18.2 Å². The number of ketones is 2. The Bertz CT molecular complexity index is 558. The molecule has 0 bridgehead atoms. The lowest BCUT2D eigenvalue weighted by Crippen LogP contribution is -2.33. The number of hydrogen-bond acceptors (Lipinski definition) is 5. The molecule has 0 amide bonds. The van der Waals surface area contributed by atoms with Crippen LogP contribution >= 0.6 is 0 Å². The molecule has 20 heavy (non-hydrogen) atoms. The van der Waals surface area contributed by atoms with E-state index in [1.165, 1.54) is 12.1 Å². The van der Waals surface area contributed by atoms with Crippen molar-refractivity contribution < 1.29 is 29.0 Å². The van der Waals surface area contributed by atoms with Crippen molar-refractivity contribution in [1.29, 1.82) is 0 Å². The van der Waals surface area contributed by atoms with Crippen molar-refractivity contribution in [2.45, 2.75) is 13.0 Å². The number of carboxylic acids is 1. The Morgan fingerprint density at radius 1 is 1.10 bits per heavy atom. The van der Waals surface area contributed by atoms with Crippen LogP contribution in [0.15, 0.2) is 42.5 Å². The highest BCUT2D eigenvalue weighted by atomic mass is 16.5. The maximum absolute atomic E-state index is 12.0. The van der Waals surface area contributed by atoms with E-state index in [4.69, 9.17) is 9.84 Å². The van der Waals surface area contributed by atoms with Crippen LogP contribution in [0.25, 0.3) is 0 Å². The number of rotatable bonds is 6. The van der Waals surface area contributed by atoms with Crippen LogP contribution in [0.4, 0.5) is 0 Å². The van der Waals surface area contributed by atoms with E-state index in [0.717, 1.165) is 6.92 Å². The van der Waals surface area contributed by atoms with E-state index in [9.17, 15) is 19.2 Å². The number of esters is 1. The van der Waals surface area contributed by atoms with Gasteiger partial charge in [0, 0.05) is 17.7 Å². The van der Waals surface area contributed by atoms with Crippen LogP contribution < -0.4 is 0 Å². The highest BCUT2D eigenvalue weighted by molar-refractivity contribution is 6.13. The number of benzene rings is 1. The predicted molar refractivity (Wildman–Crippen MR) is 68.1 cm³/mol. The Hall–Kier alpha value is -2.76. The minimum atomic E-state index is -1.58. The largest absolute Gasteiger partial charge is 0.478 e. The van der Waals surface area contributed by atoms with Crippen molar-refractivity contribution in [3.8, 4) is 0 Å². The predicted octanol–water partition coefficient (Wildman–Crippen LogP) is 1.01. The van der Waals surface area contributed by atoms with E-state index in [-0.39, 0.29) is 5.56 Å². The van der Waals surface area contributed by atoms with Gasteiger partial charge in [-0.15, -0.1) is 0 Å². The third-order valence-corrected chi connectivity index (χ3v) is 2.26. The average molecular weight is 276 g/mol. The molecule has 0 spiro atoms. The van der Waals surface area contributed by atoms with Crippen LogP contribution in [0, 0.1) is 0 Å². The second kappa shape index (κ2) is 6.98. The summed E-state index contributed by atoms with van der Waals surface area (Å²) < 4.78 is 4.69. The van der Waals surface area contributed by atoms with Gasteiger partial charge in [0.15, 0.2) is 5.78 Å². The third-order valence-electron chi connectivity index (χ3n) is 2.26. The average Bonchev–Trinajstić information content (AvgIpc) is 2.42. The molecule has 1 rings (SSSR count). The molecule has 0 aliphatic carbocycles. The van der Waals surface area contributed by atoms with Gasteiger partial charge in [-0.25, -0.2) is 9.59 Å². The summed E-state index contributed by atoms with van der Waals surface area (Å²) in [4.78, 5) is 45.0. The zero-order valence-electron chi connectivity index (χ0n) is 10.6. The summed E-state index contributed by atoms with van der Waals surface area (Å²) in [5.74, 6) is -3.71. The van der Waals surface area contributed by atoms with E-state index in [2.05, 4.69) is 0 Å². The van der Waals surface area contributed by atoms with Crippen molar-refractivity contribution in [2.24, 2.45) is 0 Å². The molecule has 0 saturated heterocycles. The molecule has 104 valence electrons. The van der Waals surface area contributed by atoms with Crippen LogP contribution in [0.3, 0.4) is 0 Å². The number of hydrogen-bond donors (Lipinski definition) is 1. The van der Waals surface area contributed by atoms with Crippen LogP contribution in [-0.4, -0.2) is 34.7 Å². The minimum absolute atomic E-state index is 0.225. The van der Waals surface area contributed by atoms with Crippen LogP contribution in [-0.2, 0) is 19.1 Å². The Morgan fingerprint density at radius 2 is 1.70 bits per heavy atom. The summed E-state index contributed by atoms with van der Waals surface area (Å²) in [5, 5.41) is 8.36. The van der Waals surface area contributed by atoms with Gasteiger partial charge in [-0.3, -0.25) is 9.59 Å². The number of Topliss-reactive ketones (excluding diaryl/α,β-unsaturated/α-hetero) is 2. The quantitative estimate of drug-likeness (QED) is 0.360. The van der Waals surface area contributed by atoms with Crippen molar-refractivity contribution in [2.75, 3.05) is 0 Å². The number of carboxylic acid groups (broad SMARTS) is 1.